The summed E-state index contributed by atoms with van der Waals surface area (Å²) in [6.07, 6.45) is 0.445. The van der Waals surface area contributed by atoms with Crippen molar-refractivity contribution >= 4 is 17.5 Å². The van der Waals surface area contributed by atoms with Crippen molar-refractivity contribution in [2.45, 2.75) is 6.42 Å². The van der Waals surface area contributed by atoms with Gasteiger partial charge in [0.2, 0.25) is 0 Å². The summed E-state index contributed by atoms with van der Waals surface area (Å²) in [6, 6.07) is 7.75. The van der Waals surface area contributed by atoms with Crippen molar-refractivity contribution in [2.75, 3.05) is 51.3 Å². The van der Waals surface area contributed by atoms with Crippen LogP contribution in [-0.2, 0) is 9.59 Å². The van der Waals surface area contributed by atoms with Crippen LogP contribution in [0.3, 0.4) is 0 Å². The number of ether oxygens (including phenoxy) is 1. The second kappa shape index (κ2) is 8.38. The van der Waals surface area contributed by atoms with Gasteiger partial charge in [-0.1, -0.05) is 12.1 Å². The highest BCUT2D eigenvalue weighted by molar-refractivity contribution is 6.35. The molecule has 2 rings (SSSR count). The van der Waals surface area contributed by atoms with Crippen molar-refractivity contribution in [1.82, 2.24) is 10.2 Å². The van der Waals surface area contributed by atoms with E-state index in [1.807, 2.05) is 24.3 Å². The number of amides is 2. The van der Waals surface area contributed by atoms with E-state index in [1.54, 1.807) is 12.0 Å². The molecule has 0 bridgehead atoms. The summed E-state index contributed by atoms with van der Waals surface area (Å²) in [7, 11) is 1.63. The van der Waals surface area contributed by atoms with Crippen molar-refractivity contribution in [3.05, 3.63) is 24.3 Å². The SMILES string of the molecule is COc1ccccc1N1CCN(C(=O)C(=O)NCCCO)CC1. The first-order valence-corrected chi connectivity index (χ1v) is 7.73. The summed E-state index contributed by atoms with van der Waals surface area (Å²) in [5.41, 5.74) is 0.995. The topological polar surface area (TPSA) is 82.1 Å². The number of rotatable bonds is 5. The van der Waals surface area contributed by atoms with Crippen molar-refractivity contribution in [1.29, 1.82) is 0 Å². The molecule has 2 N–H and O–H groups in total. The number of aliphatic hydroxyl groups is 1. The Balaban J connectivity index is 1.88. The van der Waals surface area contributed by atoms with Crippen LogP contribution in [0.15, 0.2) is 24.3 Å². The summed E-state index contributed by atoms with van der Waals surface area (Å²) in [6.45, 7) is 2.58. The van der Waals surface area contributed by atoms with Crippen molar-refractivity contribution < 1.29 is 19.4 Å². The molecular formula is C16H23N3O4. The maximum Gasteiger partial charge on any atom is 0.312 e. The summed E-state index contributed by atoms with van der Waals surface area (Å²) in [5, 5.41) is 11.2. The summed E-state index contributed by atoms with van der Waals surface area (Å²) >= 11 is 0. The van der Waals surface area contributed by atoms with Gasteiger partial charge in [0.15, 0.2) is 0 Å². The van der Waals surface area contributed by atoms with E-state index < -0.39 is 11.8 Å². The lowest BCUT2D eigenvalue weighted by molar-refractivity contribution is -0.146. The number of carbonyl (C=O) groups is 2. The number of aliphatic hydroxyl groups excluding tert-OH is 1. The average molecular weight is 321 g/mol. The van der Waals surface area contributed by atoms with Crippen LogP contribution in [0.5, 0.6) is 5.75 Å². The molecule has 0 saturated carbocycles. The third-order valence-electron chi connectivity index (χ3n) is 3.81. The van der Waals surface area contributed by atoms with Gasteiger partial charge in [-0.2, -0.15) is 0 Å². The maximum atomic E-state index is 12.1. The normalized spacial score (nSPS) is 14.5. The molecule has 1 aromatic carbocycles. The number of nitrogens with zero attached hydrogens (tertiary/aromatic N) is 2. The van der Waals surface area contributed by atoms with Gasteiger partial charge in [0.25, 0.3) is 0 Å². The van der Waals surface area contributed by atoms with Crippen LogP contribution in [0.1, 0.15) is 6.42 Å². The van der Waals surface area contributed by atoms with Gasteiger partial charge in [0, 0.05) is 39.3 Å². The molecule has 0 radical (unpaired) electrons. The number of para-hydroxylation sites is 2. The molecule has 7 nitrogen and oxygen atoms in total. The number of anilines is 1. The third kappa shape index (κ3) is 4.35. The van der Waals surface area contributed by atoms with E-state index in [4.69, 9.17) is 9.84 Å². The molecule has 0 aromatic heterocycles. The van der Waals surface area contributed by atoms with Crippen LogP contribution in [0.4, 0.5) is 5.69 Å². The quantitative estimate of drug-likeness (QED) is 0.582. The number of carbonyl (C=O) groups excluding carboxylic acids is 2. The van der Waals surface area contributed by atoms with Crippen LogP contribution < -0.4 is 15.0 Å². The van der Waals surface area contributed by atoms with Crippen LogP contribution >= 0.6 is 0 Å². The molecule has 1 aliphatic rings. The minimum Gasteiger partial charge on any atom is -0.495 e. The molecule has 1 heterocycles. The minimum atomic E-state index is -0.607. The summed E-state index contributed by atoms with van der Waals surface area (Å²) in [5.74, 6) is -0.319. The lowest BCUT2D eigenvalue weighted by atomic mass is 10.2. The van der Waals surface area contributed by atoms with Gasteiger partial charge in [-0.25, -0.2) is 0 Å². The van der Waals surface area contributed by atoms with Gasteiger partial charge in [0.05, 0.1) is 12.8 Å². The second-order valence-corrected chi connectivity index (χ2v) is 5.28. The first kappa shape index (κ1) is 17.1. The number of hydrogen-bond donors (Lipinski definition) is 2. The van der Waals surface area contributed by atoms with E-state index in [1.165, 1.54) is 0 Å². The van der Waals surface area contributed by atoms with Crippen molar-refractivity contribution in [2.24, 2.45) is 0 Å². The fraction of sp³-hybridized carbons (Fsp3) is 0.500. The monoisotopic (exact) mass is 321 g/mol. The Kier molecular flexibility index (Phi) is 6.22. The van der Waals surface area contributed by atoms with E-state index in [2.05, 4.69) is 10.2 Å². The second-order valence-electron chi connectivity index (χ2n) is 5.28. The molecule has 0 unspecified atom stereocenters. The molecule has 0 spiro atoms. The molecular weight excluding hydrogens is 298 g/mol. The molecule has 0 aliphatic carbocycles. The Bertz CT molecular complexity index is 542. The van der Waals surface area contributed by atoms with E-state index >= 15 is 0 Å². The molecule has 0 atom stereocenters. The highest BCUT2D eigenvalue weighted by Gasteiger charge is 2.26. The molecule has 7 heteroatoms. The van der Waals surface area contributed by atoms with Crippen LogP contribution in [0.2, 0.25) is 0 Å². The smallest absolute Gasteiger partial charge is 0.312 e. The zero-order chi connectivity index (χ0) is 16.7. The molecule has 1 saturated heterocycles. The lowest BCUT2D eigenvalue weighted by Gasteiger charge is -2.36. The molecule has 126 valence electrons. The Labute approximate surface area is 135 Å². The first-order chi connectivity index (χ1) is 11.2. The zero-order valence-corrected chi connectivity index (χ0v) is 13.3. The molecule has 1 fully saturated rings. The van der Waals surface area contributed by atoms with Gasteiger partial charge < -0.3 is 25.0 Å². The average Bonchev–Trinajstić information content (AvgIpc) is 2.61. The standard InChI is InChI=1S/C16H23N3O4/c1-23-14-6-3-2-5-13(14)18-8-10-19(11-9-18)16(22)15(21)17-7-4-12-20/h2-3,5-6,20H,4,7-12H2,1H3,(H,17,21). The van der Waals surface area contributed by atoms with Gasteiger partial charge in [-0.05, 0) is 18.6 Å². The van der Waals surface area contributed by atoms with Crippen molar-refractivity contribution in [3.63, 3.8) is 0 Å². The Morgan fingerprint density at radius 1 is 1.22 bits per heavy atom. The zero-order valence-electron chi connectivity index (χ0n) is 13.3. The lowest BCUT2D eigenvalue weighted by Crippen LogP contribution is -2.52. The number of benzene rings is 1. The predicted octanol–water partition coefficient (Wildman–Crippen LogP) is -0.158. The van der Waals surface area contributed by atoms with Gasteiger partial charge in [0.1, 0.15) is 5.75 Å². The number of piperazine rings is 1. The maximum absolute atomic E-state index is 12.1. The van der Waals surface area contributed by atoms with E-state index in [9.17, 15) is 9.59 Å². The van der Waals surface area contributed by atoms with Crippen molar-refractivity contribution in [3.8, 4) is 5.75 Å². The first-order valence-electron chi connectivity index (χ1n) is 7.73. The number of nitrogens with one attached hydrogen (secondary N) is 1. The summed E-state index contributed by atoms with van der Waals surface area (Å²) in [4.78, 5) is 27.5. The molecule has 1 aliphatic heterocycles. The molecule has 2 amide bonds. The fourth-order valence-corrected chi connectivity index (χ4v) is 2.54. The van der Waals surface area contributed by atoms with Crippen LogP contribution in [-0.4, -0.2) is 68.3 Å². The van der Waals surface area contributed by atoms with Crippen LogP contribution in [0, 0.1) is 0 Å². The largest absolute Gasteiger partial charge is 0.495 e. The minimum absolute atomic E-state index is 0.00788. The third-order valence-corrected chi connectivity index (χ3v) is 3.81. The molecule has 1 aromatic rings. The number of methoxy groups -OCH3 is 1. The van der Waals surface area contributed by atoms with Gasteiger partial charge in [-0.15, -0.1) is 0 Å². The number of hydrogen-bond acceptors (Lipinski definition) is 5. The van der Waals surface area contributed by atoms with Gasteiger partial charge in [-0.3, -0.25) is 9.59 Å². The predicted molar refractivity (Wildman–Crippen MR) is 86.5 cm³/mol. The Morgan fingerprint density at radius 3 is 2.57 bits per heavy atom. The Morgan fingerprint density at radius 2 is 1.91 bits per heavy atom. The summed E-state index contributed by atoms with van der Waals surface area (Å²) < 4.78 is 5.36. The van der Waals surface area contributed by atoms with E-state index in [0.717, 1.165) is 11.4 Å². The molecule has 23 heavy (non-hydrogen) atoms. The fourth-order valence-electron chi connectivity index (χ4n) is 2.54. The Hall–Kier alpha value is -2.28. The highest BCUT2D eigenvalue weighted by atomic mass is 16.5. The van der Waals surface area contributed by atoms with E-state index in [0.29, 0.717) is 39.1 Å². The van der Waals surface area contributed by atoms with E-state index in [-0.39, 0.29) is 6.61 Å². The highest BCUT2D eigenvalue weighted by Crippen LogP contribution is 2.28. The van der Waals surface area contributed by atoms with Crippen LogP contribution in [0.25, 0.3) is 0 Å². The van der Waals surface area contributed by atoms with Gasteiger partial charge >= 0.3 is 11.8 Å².